The molecule has 3 nitrogen and oxygen atoms in total. The van der Waals surface area contributed by atoms with Gasteiger partial charge in [-0.3, -0.25) is 0 Å². The molecule has 1 N–H and O–H groups in total. The molecule has 74 valence electrons. The Labute approximate surface area is 78.4 Å². The van der Waals surface area contributed by atoms with Crippen LogP contribution in [0, 0.1) is 5.92 Å². The molecule has 1 aliphatic carbocycles. The lowest BCUT2D eigenvalue weighted by Crippen LogP contribution is -2.01. The van der Waals surface area contributed by atoms with Crippen molar-refractivity contribution in [3.05, 3.63) is 11.6 Å². The van der Waals surface area contributed by atoms with Crippen LogP contribution in [0.1, 0.15) is 26.2 Å². The second-order valence-electron chi connectivity index (χ2n) is 3.61. The van der Waals surface area contributed by atoms with Crippen molar-refractivity contribution in [2.45, 2.75) is 26.2 Å². The molecule has 1 aliphatic rings. The van der Waals surface area contributed by atoms with Crippen LogP contribution in [-0.2, 0) is 9.53 Å². The summed E-state index contributed by atoms with van der Waals surface area (Å²) in [6.07, 6.45) is 5.00. The molecule has 0 unspecified atom stereocenters. The number of aliphatic carboxylic acids is 1. The minimum Gasteiger partial charge on any atom is -0.478 e. The van der Waals surface area contributed by atoms with E-state index in [-0.39, 0.29) is 0 Å². The number of carbonyl (C=O) groups is 1. The van der Waals surface area contributed by atoms with Crippen LogP contribution in [-0.4, -0.2) is 24.3 Å². The molecule has 3 heteroatoms. The van der Waals surface area contributed by atoms with Crippen LogP contribution in [0.3, 0.4) is 0 Å². The fourth-order valence-electron chi connectivity index (χ4n) is 1.14. The van der Waals surface area contributed by atoms with Crippen LogP contribution in [0.15, 0.2) is 11.6 Å². The minimum atomic E-state index is -0.900. The zero-order valence-electron chi connectivity index (χ0n) is 7.95. The molecule has 0 radical (unpaired) electrons. The number of rotatable bonds is 6. The van der Waals surface area contributed by atoms with Gasteiger partial charge in [-0.25, -0.2) is 4.79 Å². The Morgan fingerprint density at radius 2 is 2.31 bits per heavy atom. The molecule has 1 rings (SSSR count). The van der Waals surface area contributed by atoms with Crippen molar-refractivity contribution in [2.75, 3.05) is 13.2 Å². The second kappa shape index (κ2) is 5.02. The van der Waals surface area contributed by atoms with Gasteiger partial charge >= 0.3 is 5.97 Å². The van der Waals surface area contributed by atoms with Gasteiger partial charge in [0.2, 0.25) is 0 Å². The first-order valence-corrected chi connectivity index (χ1v) is 4.66. The third-order valence-corrected chi connectivity index (χ3v) is 2.07. The molecule has 0 aliphatic heterocycles. The Morgan fingerprint density at radius 1 is 1.62 bits per heavy atom. The van der Waals surface area contributed by atoms with Crippen LogP contribution >= 0.6 is 0 Å². The molecule has 0 spiro atoms. The first-order chi connectivity index (χ1) is 6.18. The highest BCUT2D eigenvalue weighted by molar-refractivity contribution is 5.80. The maximum absolute atomic E-state index is 10.2. The Morgan fingerprint density at radius 3 is 2.85 bits per heavy atom. The highest BCUT2D eigenvalue weighted by Gasteiger charge is 2.20. The molecule has 1 saturated carbocycles. The maximum Gasteiger partial charge on any atom is 0.328 e. The fourth-order valence-corrected chi connectivity index (χ4v) is 1.14. The number of hydrogen-bond acceptors (Lipinski definition) is 2. The quantitative estimate of drug-likeness (QED) is 0.506. The molecular weight excluding hydrogens is 168 g/mol. The van der Waals surface area contributed by atoms with Crippen molar-refractivity contribution < 1.29 is 14.6 Å². The molecule has 0 aromatic carbocycles. The molecule has 0 aromatic heterocycles. The van der Waals surface area contributed by atoms with Crippen LogP contribution in [0.2, 0.25) is 0 Å². The summed E-state index contributed by atoms with van der Waals surface area (Å²) in [5.41, 5.74) is 0.767. The highest BCUT2D eigenvalue weighted by atomic mass is 16.5. The zero-order chi connectivity index (χ0) is 9.68. The largest absolute Gasteiger partial charge is 0.478 e. The smallest absolute Gasteiger partial charge is 0.328 e. The molecule has 0 amide bonds. The van der Waals surface area contributed by atoms with Gasteiger partial charge in [0.05, 0.1) is 6.61 Å². The number of carboxylic acid groups (broad SMARTS) is 1. The first-order valence-electron chi connectivity index (χ1n) is 4.66. The van der Waals surface area contributed by atoms with E-state index in [1.54, 1.807) is 6.92 Å². The van der Waals surface area contributed by atoms with Crippen molar-refractivity contribution in [2.24, 2.45) is 5.92 Å². The topological polar surface area (TPSA) is 46.5 Å². The van der Waals surface area contributed by atoms with E-state index in [1.807, 2.05) is 0 Å². The summed E-state index contributed by atoms with van der Waals surface area (Å²) >= 11 is 0. The van der Waals surface area contributed by atoms with E-state index in [9.17, 15) is 4.79 Å². The van der Waals surface area contributed by atoms with Crippen LogP contribution in [0.5, 0.6) is 0 Å². The summed E-state index contributed by atoms with van der Waals surface area (Å²) in [7, 11) is 0. The van der Waals surface area contributed by atoms with Gasteiger partial charge in [-0.15, -0.1) is 0 Å². The average Bonchev–Trinajstić information content (AvgIpc) is 2.80. The summed E-state index contributed by atoms with van der Waals surface area (Å²) in [5.74, 6) is -0.0212. The maximum atomic E-state index is 10.2. The number of hydrogen-bond donors (Lipinski definition) is 1. The fraction of sp³-hybridized carbons (Fsp3) is 0.700. The lowest BCUT2D eigenvalue weighted by molar-refractivity contribution is -0.131. The van der Waals surface area contributed by atoms with E-state index < -0.39 is 5.97 Å². The molecular formula is C10H16O3. The van der Waals surface area contributed by atoms with E-state index in [2.05, 4.69) is 0 Å². The Kier molecular flexibility index (Phi) is 3.96. The van der Waals surface area contributed by atoms with Gasteiger partial charge < -0.3 is 9.84 Å². The van der Waals surface area contributed by atoms with E-state index in [1.165, 1.54) is 18.9 Å². The average molecular weight is 184 g/mol. The van der Waals surface area contributed by atoms with E-state index in [0.29, 0.717) is 6.61 Å². The summed E-state index contributed by atoms with van der Waals surface area (Å²) in [6.45, 7) is 2.97. The molecule has 1 fully saturated rings. The van der Waals surface area contributed by atoms with Crippen LogP contribution < -0.4 is 0 Å². The van der Waals surface area contributed by atoms with Crippen LogP contribution in [0.25, 0.3) is 0 Å². The SMILES string of the molecule is CC(=CC(=O)O)COCCC1CC1. The van der Waals surface area contributed by atoms with E-state index in [4.69, 9.17) is 9.84 Å². The predicted molar refractivity (Wildman–Crippen MR) is 49.6 cm³/mol. The molecule has 0 heterocycles. The Hall–Kier alpha value is -0.830. The van der Waals surface area contributed by atoms with Gasteiger partial charge in [0.25, 0.3) is 0 Å². The minimum absolute atomic E-state index is 0.443. The van der Waals surface area contributed by atoms with Gasteiger partial charge in [0.1, 0.15) is 0 Å². The highest BCUT2D eigenvalue weighted by Crippen LogP contribution is 2.32. The number of ether oxygens (including phenoxy) is 1. The molecule has 0 atom stereocenters. The summed E-state index contributed by atoms with van der Waals surface area (Å²) < 4.78 is 5.32. The molecule has 13 heavy (non-hydrogen) atoms. The van der Waals surface area contributed by atoms with Gasteiger partial charge in [-0.05, 0) is 24.8 Å². The van der Waals surface area contributed by atoms with E-state index >= 15 is 0 Å². The lowest BCUT2D eigenvalue weighted by Gasteiger charge is -2.02. The Balaban J connectivity index is 1.99. The number of carboxylic acids is 1. The third kappa shape index (κ3) is 5.42. The molecule has 0 bridgehead atoms. The predicted octanol–water partition coefficient (Wildman–Crippen LogP) is 1.83. The zero-order valence-corrected chi connectivity index (χ0v) is 7.95. The molecule has 0 saturated heterocycles. The summed E-state index contributed by atoms with van der Waals surface area (Å²) in [5, 5.41) is 8.41. The summed E-state index contributed by atoms with van der Waals surface area (Å²) in [4.78, 5) is 10.2. The Bertz CT molecular complexity index is 204. The van der Waals surface area contributed by atoms with Crippen molar-refractivity contribution in [1.82, 2.24) is 0 Å². The van der Waals surface area contributed by atoms with Crippen molar-refractivity contribution in [1.29, 1.82) is 0 Å². The summed E-state index contributed by atoms with van der Waals surface area (Å²) in [6, 6.07) is 0. The van der Waals surface area contributed by atoms with Gasteiger partial charge in [-0.1, -0.05) is 12.8 Å². The monoisotopic (exact) mass is 184 g/mol. The van der Waals surface area contributed by atoms with Crippen molar-refractivity contribution in [3.8, 4) is 0 Å². The first kappa shape index (κ1) is 10.3. The molecule has 0 aromatic rings. The second-order valence-corrected chi connectivity index (χ2v) is 3.61. The van der Waals surface area contributed by atoms with Gasteiger partial charge in [0, 0.05) is 12.7 Å². The van der Waals surface area contributed by atoms with E-state index in [0.717, 1.165) is 24.5 Å². The van der Waals surface area contributed by atoms with Gasteiger partial charge in [0.15, 0.2) is 0 Å². The standard InChI is InChI=1S/C10H16O3/c1-8(6-10(11)12)7-13-5-4-9-2-3-9/h6,9H,2-5,7H2,1H3,(H,11,12). The van der Waals surface area contributed by atoms with Crippen molar-refractivity contribution >= 4 is 5.97 Å². The lowest BCUT2D eigenvalue weighted by atomic mass is 10.3. The van der Waals surface area contributed by atoms with Gasteiger partial charge in [-0.2, -0.15) is 0 Å². The normalized spacial score (nSPS) is 17.5. The third-order valence-electron chi connectivity index (χ3n) is 2.07. The van der Waals surface area contributed by atoms with Crippen LogP contribution in [0.4, 0.5) is 0 Å². The van der Waals surface area contributed by atoms with Crippen molar-refractivity contribution in [3.63, 3.8) is 0 Å².